The number of halogens is 3. The van der Waals surface area contributed by atoms with Crippen LogP contribution < -0.4 is 14.4 Å². The van der Waals surface area contributed by atoms with Gasteiger partial charge < -0.3 is 4.18 Å². The molecule has 0 aliphatic carbocycles. The average molecular weight is 610 g/mol. The van der Waals surface area contributed by atoms with Crippen LogP contribution >= 0.6 is 39.1 Å². The van der Waals surface area contributed by atoms with Crippen molar-refractivity contribution in [3.05, 3.63) is 91.9 Å². The maximum atomic E-state index is 13.1. The Bertz CT molecular complexity index is 1560. The Morgan fingerprint density at radius 2 is 1.67 bits per heavy atom. The van der Waals surface area contributed by atoms with E-state index in [0.717, 1.165) is 10.5 Å². The Labute approximate surface area is 224 Å². The van der Waals surface area contributed by atoms with Gasteiger partial charge in [0.2, 0.25) is 0 Å². The zero-order chi connectivity index (χ0) is 26.2. The molecule has 0 atom stereocenters. The molecule has 12 heteroatoms. The molecule has 1 aliphatic heterocycles. The predicted molar refractivity (Wildman–Crippen MR) is 139 cm³/mol. The highest BCUT2D eigenvalue weighted by Crippen LogP contribution is 2.31. The highest BCUT2D eigenvalue weighted by Gasteiger charge is 2.37. The summed E-state index contributed by atoms with van der Waals surface area (Å²) in [5, 5.41) is 2.86. The summed E-state index contributed by atoms with van der Waals surface area (Å²) >= 11 is 15.2. The van der Waals surface area contributed by atoms with Gasteiger partial charge in [0.05, 0.1) is 10.2 Å². The fourth-order valence-corrected chi connectivity index (χ4v) is 5.05. The summed E-state index contributed by atoms with van der Waals surface area (Å²) in [7, 11) is -4.14. The molecule has 1 fully saturated rings. The first-order chi connectivity index (χ1) is 17.0. The van der Waals surface area contributed by atoms with Gasteiger partial charge in [-0.15, -0.1) is 0 Å². The number of rotatable bonds is 5. The molecule has 3 aromatic carbocycles. The summed E-state index contributed by atoms with van der Waals surface area (Å²) in [6.07, 6.45) is 1.27. The van der Waals surface area contributed by atoms with Gasteiger partial charge in [0.1, 0.15) is 10.5 Å². The number of anilines is 1. The molecule has 36 heavy (non-hydrogen) atoms. The number of carbonyl (C=O) groups is 3. The van der Waals surface area contributed by atoms with Crippen LogP contribution in [0.25, 0.3) is 6.08 Å². The second kappa shape index (κ2) is 10.1. The molecule has 4 rings (SSSR count). The number of urea groups is 1. The number of nitrogens with zero attached hydrogens (tertiary/aromatic N) is 1. The fourth-order valence-electron chi connectivity index (χ4n) is 3.22. The number of amides is 4. The van der Waals surface area contributed by atoms with E-state index in [2.05, 4.69) is 21.2 Å². The highest BCUT2D eigenvalue weighted by atomic mass is 79.9. The van der Waals surface area contributed by atoms with Crippen LogP contribution in [0, 0.1) is 6.92 Å². The second-order valence-electron chi connectivity index (χ2n) is 7.57. The second-order valence-corrected chi connectivity index (χ2v) is 10.8. The number of barbiturate groups is 1. The third-order valence-corrected chi connectivity index (χ3v) is 7.61. The normalized spacial score (nSPS) is 15.3. The topological polar surface area (TPSA) is 110 Å². The number of hydrogen-bond donors (Lipinski definition) is 1. The molecular weight excluding hydrogens is 595 g/mol. The molecular formula is C24H15BrCl2N2O6S. The van der Waals surface area contributed by atoms with Crippen molar-refractivity contribution in [3.8, 4) is 5.75 Å². The van der Waals surface area contributed by atoms with Gasteiger partial charge in [0.15, 0.2) is 5.75 Å². The largest absolute Gasteiger partial charge is 0.378 e. The predicted octanol–water partition coefficient (Wildman–Crippen LogP) is 5.50. The first kappa shape index (κ1) is 25.9. The summed E-state index contributed by atoms with van der Waals surface area (Å²) in [4.78, 5) is 38.6. The van der Waals surface area contributed by atoms with Crippen molar-refractivity contribution in [2.24, 2.45) is 0 Å². The van der Waals surface area contributed by atoms with Gasteiger partial charge in [0, 0.05) is 10.0 Å². The third-order valence-electron chi connectivity index (χ3n) is 5.08. The van der Waals surface area contributed by atoms with Gasteiger partial charge in [-0.3, -0.25) is 14.9 Å². The third kappa shape index (κ3) is 5.31. The lowest BCUT2D eigenvalue weighted by atomic mass is 10.1. The number of nitrogens with one attached hydrogen (secondary N) is 1. The monoisotopic (exact) mass is 608 g/mol. The van der Waals surface area contributed by atoms with Crippen LogP contribution in [0.4, 0.5) is 10.5 Å². The molecule has 3 aromatic rings. The van der Waals surface area contributed by atoms with Crippen molar-refractivity contribution in [1.29, 1.82) is 0 Å². The van der Waals surface area contributed by atoms with E-state index in [1.807, 2.05) is 0 Å². The van der Waals surface area contributed by atoms with Crippen molar-refractivity contribution in [2.75, 3.05) is 4.90 Å². The molecule has 0 unspecified atom stereocenters. The quantitative estimate of drug-likeness (QED) is 0.232. The Morgan fingerprint density at radius 3 is 2.31 bits per heavy atom. The number of imide groups is 2. The zero-order valence-corrected chi connectivity index (χ0v) is 22.2. The van der Waals surface area contributed by atoms with Gasteiger partial charge >= 0.3 is 16.1 Å². The van der Waals surface area contributed by atoms with Gasteiger partial charge in [-0.1, -0.05) is 35.3 Å². The summed E-state index contributed by atoms with van der Waals surface area (Å²) in [5.74, 6) is -1.73. The van der Waals surface area contributed by atoms with Crippen LogP contribution in [0.3, 0.4) is 0 Å². The minimum Gasteiger partial charge on any atom is -0.378 e. The summed E-state index contributed by atoms with van der Waals surface area (Å²) in [6, 6.07) is 13.5. The lowest BCUT2D eigenvalue weighted by molar-refractivity contribution is -0.122. The number of aryl methyl sites for hydroxylation is 1. The minimum atomic E-state index is -4.14. The standard InChI is InChI=1S/C24H15BrCl2N2O6S/c1-13-2-6-16(12-20(13)27)29-23(31)18(22(30)28-24(29)32)10-14-3-9-21(19(25)11-14)35-36(33,34)17-7-4-15(26)5-8-17/h2-12H,1H3,(H,28,30,32)/b18-10+. The van der Waals surface area contributed by atoms with Crippen LogP contribution in [0.1, 0.15) is 11.1 Å². The molecule has 1 N–H and O–H groups in total. The molecule has 8 nitrogen and oxygen atoms in total. The van der Waals surface area contributed by atoms with E-state index < -0.39 is 28.0 Å². The van der Waals surface area contributed by atoms with E-state index in [9.17, 15) is 22.8 Å². The van der Waals surface area contributed by atoms with E-state index in [1.54, 1.807) is 13.0 Å². The molecule has 4 amide bonds. The SMILES string of the molecule is Cc1ccc(N2C(=O)NC(=O)/C(=C\c3ccc(OS(=O)(=O)c4ccc(Cl)cc4)c(Br)c3)C2=O)cc1Cl. The molecule has 0 saturated carbocycles. The molecule has 0 bridgehead atoms. The molecule has 1 saturated heterocycles. The maximum absolute atomic E-state index is 13.1. The van der Waals surface area contributed by atoms with Crippen molar-refractivity contribution < 1.29 is 27.0 Å². The minimum absolute atomic E-state index is 0.0161. The summed E-state index contributed by atoms with van der Waals surface area (Å²) in [6.45, 7) is 1.77. The van der Waals surface area contributed by atoms with E-state index in [0.29, 0.717) is 15.6 Å². The van der Waals surface area contributed by atoms with E-state index in [-0.39, 0.29) is 26.4 Å². The number of benzene rings is 3. The summed E-state index contributed by atoms with van der Waals surface area (Å²) in [5.41, 5.74) is 1.01. The van der Waals surface area contributed by atoms with Gasteiger partial charge in [0.25, 0.3) is 11.8 Å². The molecule has 0 radical (unpaired) electrons. The van der Waals surface area contributed by atoms with Crippen LogP contribution in [0.15, 0.2) is 75.6 Å². The van der Waals surface area contributed by atoms with Crippen LogP contribution in [0.2, 0.25) is 10.0 Å². The maximum Gasteiger partial charge on any atom is 0.339 e. The lowest BCUT2D eigenvalue weighted by Crippen LogP contribution is -2.54. The molecule has 184 valence electrons. The van der Waals surface area contributed by atoms with Crippen LogP contribution in [0.5, 0.6) is 5.75 Å². The van der Waals surface area contributed by atoms with Crippen molar-refractivity contribution in [1.82, 2.24) is 5.32 Å². The highest BCUT2D eigenvalue weighted by molar-refractivity contribution is 9.10. The first-order valence-electron chi connectivity index (χ1n) is 10.1. The molecule has 1 heterocycles. The van der Waals surface area contributed by atoms with Gasteiger partial charge in [-0.2, -0.15) is 8.42 Å². The summed E-state index contributed by atoms with van der Waals surface area (Å²) < 4.78 is 30.6. The lowest BCUT2D eigenvalue weighted by Gasteiger charge is -2.26. The first-order valence-corrected chi connectivity index (χ1v) is 13.1. The van der Waals surface area contributed by atoms with E-state index in [1.165, 1.54) is 60.7 Å². The Balaban J connectivity index is 1.62. The van der Waals surface area contributed by atoms with Gasteiger partial charge in [-0.25, -0.2) is 9.69 Å². The molecule has 0 spiro atoms. The van der Waals surface area contributed by atoms with Gasteiger partial charge in [-0.05, 0) is 88.6 Å². The number of hydrogen-bond acceptors (Lipinski definition) is 6. The van der Waals surface area contributed by atoms with E-state index >= 15 is 0 Å². The van der Waals surface area contributed by atoms with Crippen molar-refractivity contribution in [2.45, 2.75) is 11.8 Å². The fraction of sp³-hybridized carbons (Fsp3) is 0.0417. The number of carbonyl (C=O) groups excluding carboxylic acids is 3. The Kier molecular flexibility index (Phi) is 7.24. The Morgan fingerprint density at radius 1 is 0.972 bits per heavy atom. The Hall–Kier alpha value is -3.18. The van der Waals surface area contributed by atoms with Crippen LogP contribution in [-0.4, -0.2) is 26.3 Å². The zero-order valence-electron chi connectivity index (χ0n) is 18.3. The molecule has 0 aromatic heterocycles. The average Bonchev–Trinajstić information content (AvgIpc) is 2.81. The van der Waals surface area contributed by atoms with Crippen molar-refractivity contribution >= 4 is 78.9 Å². The van der Waals surface area contributed by atoms with E-state index in [4.69, 9.17) is 27.4 Å². The smallest absolute Gasteiger partial charge is 0.339 e. The molecule has 1 aliphatic rings. The van der Waals surface area contributed by atoms with Crippen molar-refractivity contribution in [3.63, 3.8) is 0 Å². The van der Waals surface area contributed by atoms with Crippen LogP contribution in [-0.2, 0) is 19.7 Å².